The van der Waals surface area contributed by atoms with Crippen LogP contribution in [0.1, 0.15) is 10.6 Å². The number of nitrogens with zero attached hydrogens (tertiary/aromatic N) is 2. The topological polar surface area (TPSA) is 35.0 Å². The molecule has 0 amide bonds. The number of rotatable bonds is 3. The van der Waals surface area contributed by atoms with Gasteiger partial charge in [-0.3, -0.25) is 0 Å². The Labute approximate surface area is 100 Å². The van der Waals surface area contributed by atoms with Crippen LogP contribution in [0.25, 0.3) is 0 Å². The van der Waals surface area contributed by atoms with E-state index < -0.39 is 0 Å². The molecule has 0 aromatic carbocycles. The van der Waals surface area contributed by atoms with Crippen molar-refractivity contribution in [1.82, 2.24) is 9.97 Å². The van der Waals surface area contributed by atoms with Crippen molar-refractivity contribution < 1.29 is 4.74 Å². The molecular formula is C10H9BrN2OS. The van der Waals surface area contributed by atoms with Gasteiger partial charge < -0.3 is 4.74 Å². The van der Waals surface area contributed by atoms with Gasteiger partial charge in [0.05, 0.1) is 10.2 Å². The largest absolute Gasteiger partial charge is 0.458 e. The minimum Gasteiger partial charge on any atom is -0.458 e. The fourth-order valence-corrected chi connectivity index (χ4v) is 1.84. The Morgan fingerprint density at radius 2 is 2.40 bits per heavy atom. The number of hydrogen-bond acceptors (Lipinski definition) is 4. The highest BCUT2D eigenvalue weighted by Gasteiger charge is 2.02. The summed E-state index contributed by atoms with van der Waals surface area (Å²) in [5, 5.41) is 2.02. The average Bonchev–Trinajstić information content (AvgIpc) is 2.73. The Kier molecular flexibility index (Phi) is 3.33. The van der Waals surface area contributed by atoms with Crippen LogP contribution in [-0.4, -0.2) is 9.97 Å². The summed E-state index contributed by atoms with van der Waals surface area (Å²) in [6.07, 6.45) is 1.70. The fourth-order valence-electron chi connectivity index (χ4n) is 1.03. The second-order valence-electron chi connectivity index (χ2n) is 2.95. The Hall–Kier alpha value is -0.940. The van der Waals surface area contributed by atoms with Crippen LogP contribution in [0.5, 0.6) is 6.01 Å². The smallest absolute Gasteiger partial charge is 0.316 e. The molecule has 15 heavy (non-hydrogen) atoms. The van der Waals surface area contributed by atoms with Gasteiger partial charge >= 0.3 is 6.01 Å². The first kappa shape index (κ1) is 10.6. The zero-order valence-corrected chi connectivity index (χ0v) is 10.5. The molecule has 0 saturated heterocycles. The van der Waals surface area contributed by atoms with Gasteiger partial charge in [-0.05, 0) is 34.3 Å². The van der Waals surface area contributed by atoms with Gasteiger partial charge in [-0.2, -0.15) is 4.98 Å². The Morgan fingerprint density at radius 3 is 3.07 bits per heavy atom. The molecule has 0 aliphatic carbocycles. The lowest BCUT2D eigenvalue weighted by Crippen LogP contribution is -1.99. The van der Waals surface area contributed by atoms with Crippen LogP contribution in [0, 0.1) is 6.92 Å². The monoisotopic (exact) mass is 284 g/mol. The van der Waals surface area contributed by atoms with Crippen molar-refractivity contribution in [1.29, 1.82) is 0 Å². The standard InChI is InChI=1S/C10H9BrN2OS/c1-7-9(11)5-12-10(13-7)14-6-8-3-2-4-15-8/h2-5H,6H2,1H3. The molecule has 0 spiro atoms. The summed E-state index contributed by atoms with van der Waals surface area (Å²) in [4.78, 5) is 9.43. The molecule has 3 nitrogen and oxygen atoms in total. The van der Waals surface area contributed by atoms with E-state index in [4.69, 9.17) is 4.74 Å². The van der Waals surface area contributed by atoms with Gasteiger partial charge in [0, 0.05) is 11.1 Å². The van der Waals surface area contributed by atoms with E-state index in [0.717, 1.165) is 10.2 Å². The van der Waals surface area contributed by atoms with Gasteiger partial charge in [0.2, 0.25) is 0 Å². The van der Waals surface area contributed by atoms with Gasteiger partial charge in [0.25, 0.3) is 0 Å². The molecule has 5 heteroatoms. The van der Waals surface area contributed by atoms with E-state index in [0.29, 0.717) is 12.6 Å². The van der Waals surface area contributed by atoms with E-state index >= 15 is 0 Å². The molecular weight excluding hydrogens is 276 g/mol. The zero-order valence-electron chi connectivity index (χ0n) is 8.11. The molecule has 0 fully saturated rings. The van der Waals surface area contributed by atoms with Crippen molar-refractivity contribution in [3.8, 4) is 6.01 Å². The molecule has 0 unspecified atom stereocenters. The molecule has 2 heterocycles. The van der Waals surface area contributed by atoms with Crippen LogP contribution >= 0.6 is 27.3 Å². The average molecular weight is 285 g/mol. The summed E-state index contributed by atoms with van der Waals surface area (Å²) >= 11 is 5.00. The molecule has 0 aliphatic rings. The van der Waals surface area contributed by atoms with Gasteiger partial charge in [-0.15, -0.1) is 11.3 Å². The van der Waals surface area contributed by atoms with E-state index in [-0.39, 0.29) is 0 Å². The van der Waals surface area contributed by atoms with Gasteiger partial charge in [-0.1, -0.05) is 6.07 Å². The van der Waals surface area contributed by atoms with E-state index in [9.17, 15) is 0 Å². The summed E-state index contributed by atoms with van der Waals surface area (Å²) < 4.78 is 6.35. The predicted molar refractivity (Wildman–Crippen MR) is 63.1 cm³/mol. The summed E-state index contributed by atoms with van der Waals surface area (Å²) in [5.74, 6) is 0. The summed E-state index contributed by atoms with van der Waals surface area (Å²) in [5.41, 5.74) is 0.881. The maximum Gasteiger partial charge on any atom is 0.316 e. The van der Waals surface area contributed by atoms with E-state index in [1.165, 1.54) is 4.88 Å². The molecule has 0 atom stereocenters. The first-order valence-electron chi connectivity index (χ1n) is 4.40. The third-order valence-corrected chi connectivity index (χ3v) is 3.45. The molecule has 78 valence electrons. The van der Waals surface area contributed by atoms with Gasteiger partial charge in [0.1, 0.15) is 6.61 Å². The molecule has 0 bridgehead atoms. The number of thiophene rings is 1. The Bertz CT molecular complexity index is 445. The normalized spacial score (nSPS) is 10.3. The van der Waals surface area contributed by atoms with Crippen LogP contribution in [0.4, 0.5) is 0 Å². The maximum atomic E-state index is 5.45. The minimum absolute atomic E-state index is 0.420. The summed E-state index contributed by atoms with van der Waals surface area (Å²) in [6, 6.07) is 4.44. The molecule has 0 aliphatic heterocycles. The first-order chi connectivity index (χ1) is 7.25. The number of ether oxygens (including phenoxy) is 1. The highest BCUT2D eigenvalue weighted by molar-refractivity contribution is 9.10. The van der Waals surface area contributed by atoms with Crippen LogP contribution in [0.15, 0.2) is 28.2 Å². The highest BCUT2D eigenvalue weighted by Crippen LogP contribution is 2.16. The maximum absolute atomic E-state index is 5.45. The third-order valence-electron chi connectivity index (χ3n) is 1.82. The van der Waals surface area contributed by atoms with E-state index in [1.807, 2.05) is 24.4 Å². The molecule has 2 rings (SSSR count). The van der Waals surface area contributed by atoms with Crippen LogP contribution in [0.2, 0.25) is 0 Å². The van der Waals surface area contributed by atoms with Crippen LogP contribution in [-0.2, 0) is 6.61 Å². The molecule has 0 radical (unpaired) electrons. The first-order valence-corrected chi connectivity index (χ1v) is 6.07. The lowest BCUT2D eigenvalue weighted by molar-refractivity contribution is 0.283. The number of aryl methyl sites for hydroxylation is 1. The fraction of sp³-hybridized carbons (Fsp3) is 0.200. The number of hydrogen-bond donors (Lipinski definition) is 0. The Balaban J connectivity index is 2.02. The molecule has 2 aromatic heterocycles. The predicted octanol–water partition coefficient (Wildman–Crippen LogP) is 3.19. The van der Waals surface area contributed by atoms with Crippen molar-refractivity contribution in [3.63, 3.8) is 0 Å². The number of halogens is 1. The van der Waals surface area contributed by atoms with Crippen molar-refractivity contribution in [2.24, 2.45) is 0 Å². The highest BCUT2D eigenvalue weighted by atomic mass is 79.9. The SMILES string of the molecule is Cc1nc(OCc2cccs2)ncc1Br. The zero-order chi connectivity index (χ0) is 10.7. The second kappa shape index (κ2) is 4.72. The lowest BCUT2D eigenvalue weighted by atomic mass is 10.5. The van der Waals surface area contributed by atoms with Crippen LogP contribution < -0.4 is 4.74 Å². The quantitative estimate of drug-likeness (QED) is 0.868. The van der Waals surface area contributed by atoms with Crippen molar-refractivity contribution in [2.45, 2.75) is 13.5 Å². The van der Waals surface area contributed by atoms with E-state index in [1.54, 1.807) is 17.5 Å². The molecule has 2 aromatic rings. The third kappa shape index (κ3) is 2.76. The van der Waals surface area contributed by atoms with Crippen molar-refractivity contribution in [2.75, 3.05) is 0 Å². The van der Waals surface area contributed by atoms with Crippen molar-refractivity contribution >= 4 is 27.3 Å². The van der Waals surface area contributed by atoms with E-state index in [2.05, 4.69) is 25.9 Å². The lowest BCUT2D eigenvalue weighted by Gasteiger charge is -2.03. The molecule has 0 N–H and O–H groups in total. The van der Waals surface area contributed by atoms with Gasteiger partial charge in [-0.25, -0.2) is 4.98 Å². The Morgan fingerprint density at radius 1 is 1.53 bits per heavy atom. The second-order valence-corrected chi connectivity index (χ2v) is 4.84. The minimum atomic E-state index is 0.420. The van der Waals surface area contributed by atoms with Crippen LogP contribution in [0.3, 0.4) is 0 Å². The summed E-state index contributed by atoms with van der Waals surface area (Å²) in [6.45, 7) is 2.43. The summed E-state index contributed by atoms with van der Waals surface area (Å²) in [7, 11) is 0. The van der Waals surface area contributed by atoms with Gasteiger partial charge in [0.15, 0.2) is 0 Å². The molecule has 0 saturated carbocycles. The number of aromatic nitrogens is 2. The van der Waals surface area contributed by atoms with Crippen molar-refractivity contribution in [3.05, 3.63) is 38.8 Å².